The molecule has 1 aromatic rings. The highest BCUT2D eigenvalue weighted by Crippen LogP contribution is 2.38. The summed E-state index contributed by atoms with van der Waals surface area (Å²) in [7, 11) is 1.90. The Morgan fingerprint density at radius 2 is 1.89 bits per heavy atom. The van der Waals surface area contributed by atoms with E-state index in [-0.39, 0.29) is 54.6 Å². The van der Waals surface area contributed by atoms with Crippen molar-refractivity contribution in [3.63, 3.8) is 0 Å². The Morgan fingerprint density at radius 3 is 2.48 bits per heavy atom. The maximum absolute atomic E-state index is 13.0. The molecule has 0 spiro atoms. The van der Waals surface area contributed by atoms with Crippen LogP contribution in [0.25, 0.3) is 0 Å². The van der Waals surface area contributed by atoms with Gasteiger partial charge >= 0.3 is 0 Å². The quantitative estimate of drug-likeness (QED) is 0.752. The minimum Gasteiger partial charge on any atom is -0.336 e. The summed E-state index contributed by atoms with van der Waals surface area (Å²) in [6.07, 6.45) is 7.07. The predicted octanol–water partition coefficient (Wildman–Crippen LogP) is 0.490. The molecule has 27 heavy (non-hydrogen) atoms. The molecule has 9 heteroatoms. The third kappa shape index (κ3) is 3.48. The number of imidazole rings is 1. The number of amides is 3. The Hall–Kier alpha value is -1.93. The fourth-order valence-electron chi connectivity index (χ4n) is 4.54. The number of hydrogen-bond acceptors (Lipinski definition) is 5. The van der Waals surface area contributed by atoms with Gasteiger partial charge in [-0.25, -0.2) is 4.98 Å². The zero-order chi connectivity index (χ0) is 18.3. The van der Waals surface area contributed by atoms with Gasteiger partial charge in [-0.15, -0.1) is 12.4 Å². The molecule has 8 nitrogen and oxygen atoms in total. The molecule has 4 rings (SSSR count). The van der Waals surface area contributed by atoms with Gasteiger partial charge < -0.3 is 14.8 Å². The molecule has 0 aromatic carbocycles. The molecule has 3 amide bonds. The first-order valence-electron chi connectivity index (χ1n) is 9.40. The van der Waals surface area contributed by atoms with Crippen molar-refractivity contribution in [2.24, 2.45) is 18.9 Å². The van der Waals surface area contributed by atoms with Crippen molar-refractivity contribution >= 4 is 30.1 Å². The third-order valence-electron chi connectivity index (χ3n) is 5.95. The zero-order valence-corrected chi connectivity index (χ0v) is 16.3. The van der Waals surface area contributed by atoms with Gasteiger partial charge in [-0.1, -0.05) is 12.8 Å². The van der Waals surface area contributed by atoms with E-state index in [1.54, 1.807) is 11.1 Å². The van der Waals surface area contributed by atoms with Crippen LogP contribution in [-0.4, -0.2) is 63.3 Å². The summed E-state index contributed by atoms with van der Waals surface area (Å²) in [5.74, 6) is -0.110. The first-order chi connectivity index (χ1) is 12.6. The van der Waals surface area contributed by atoms with Crippen molar-refractivity contribution < 1.29 is 14.4 Å². The largest absolute Gasteiger partial charge is 0.336 e. The van der Waals surface area contributed by atoms with E-state index in [1.807, 2.05) is 17.8 Å². The summed E-state index contributed by atoms with van der Waals surface area (Å²) >= 11 is 0. The number of piperazine rings is 1. The van der Waals surface area contributed by atoms with Crippen molar-refractivity contribution in [2.75, 3.05) is 26.2 Å². The van der Waals surface area contributed by atoms with Crippen LogP contribution in [0.1, 0.15) is 37.5 Å². The van der Waals surface area contributed by atoms with Gasteiger partial charge in [-0.05, 0) is 12.8 Å². The number of carbonyl (C=O) groups is 3. The van der Waals surface area contributed by atoms with E-state index in [0.717, 1.165) is 31.5 Å². The normalized spacial score (nSPS) is 28.1. The van der Waals surface area contributed by atoms with Crippen LogP contribution in [-0.2, 0) is 21.4 Å². The monoisotopic (exact) mass is 395 g/mol. The summed E-state index contributed by atoms with van der Waals surface area (Å²) in [4.78, 5) is 45.6. The second kappa shape index (κ2) is 7.98. The topological polar surface area (TPSA) is 87.5 Å². The maximum atomic E-state index is 13.0. The first-order valence-corrected chi connectivity index (χ1v) is 9.40. The lowest BCUT2D eigenvalue weighted by molar-refractivity contribution is -0.148. The van der Waals surface area contributed by atoms with Gasteiger partial charge in [0.1, 0.15) is 18.4 Å². The molecule has 0 bridgehead atoms. The molecule has 2 aliphatic heterocycles. The zero-order valence-electron chi connectivity index (χ0n) is 15.5. The van der Waals surface area contributed by atoms with Crippen LogP contribution in [0.5, 0.6) is 0 Å². The van der Waals surface area contributed by atoms with E-state index in [2.05, 4.69) is 10.3 Å². The number of likely N-dealkylation sites (tertiary alicyclic amines) is 1. The van der Waals surface area contributed by atoms with Gasteiger partial charge in [0.15, 0.2) is 0 Å². The standard InChI is InChI=1S/C18H25N5O3.ClH/c1-21-8-7-20-16(21)14-10-19-6-9-22(14)15(24)11-23-17(25)12-4-2-3-5-13(12)18(23)26;/h7-8,12-14,19H,2-6,9-11H2,1H3;1H. The van der Waals surface area contributed by atoms with Gasteiger partial charge in [-0.3, -0.25) is 19.3 Å². The molecular formula is C18H26ClN5O3. The summed E-state index contributed by atoms with van der Waals surface area (Å²) in [6, 6.07) is -0.189. The number of halogens is 1. The summed E-state index contributed by atoms with van der Waals surface area (Å²) in [5, 5.41) is 3.29. The Bertz CT molecular complexity index is 712. The summed E-state index contributed by atoms with van der Waals surface area (Å²) < 4.78 is 1.90. The summed E-state index contributed by atoms with van der Waals surface area (Å²) in [6.45, 7) is 1.70. The Kier molecular flexibility index (Phi) is 5.86. The molecule has 3 fully saturated rings. The second-order valence-electron chi connectivity index (χ2n) is 7.46. The lowest BCUT2D eigenvalue weighted by Crippen LogP contribution is -2.52. The molecule has 1 aromatic heterocycles. The molecule has 3 heterocycles. The molecule has 1 saturated carbocycles. The number of nitrogens with zero attached hydrogens (tertiary/aromatic N) is 4. The Labute approximate surface area is 164 Å². The molecule has 148 valence electrons. The summed E-state index contributed by atoms with van der Waals surface area (Å²) in [5.41, 5.74) is 0. The van der Waals surface area contributed by atoms with Crippen LogP contribution < -0.4 is 5.32 Å². The van der Waals surface area contributed by atoms with Crippen LogP contribution in [0.3, 0.4) is 0 Å². The van der Waals surface area contributed by atoms with E-state index in [0.29, 0.717) is 19.6 Å². The molecule has 0 radical (unpaired) electrons. The molecular weight excluding hydrogens is 370 g/mol. The average molecular weight is 396 g/mol. The third-order valence-corrected chi connectivity index (χ3v) is 5.95. The van der Waals surface area contributed by atoms with Gasteiger partial charge in [0.2, 0.25) is 17.7 Å². The highest BCUT2D eigenvalue weighted by atomic mass is 35.5. The highest BCUT2D eigenvalue weighted by molar-refractivity contribution is 6.07. The van der Waals surface area contributed by atoms with Crippen molar-refractivity contribution in [1.82, 2.24) is 24.7 Å². The van der Waals surface area contributed by atoms with Crippen LogP contribution in [0.2, 0.25) is 0 Å². The van der Waals surface area contributed by atoms with Gasteiger partial charge in [0.05, 0.1) is 11.8 Å². The van der Waals surface area contributed by atoms with E-state index in [9.17, 15) is 14.4 Å². The highest BCUT2D eigenvalue weighted by Gasteiger charge is 2.49. The average Bonchev–Trinajstić information content (AvgIpc) is 3.19. The van der Waals surface area contributed by atoms with Crippen LogP contribution in [0.4, 0.5) is 0 Å². The SMILES string of the molecule is Cl.Cn1ccnc1C1CNCCN1C(=O)CN1C(=O)C2CCCCC2C1=O. The minimum absolute atomic E-state index is 0. The molecule has 1 N–H and O–H groups in total. The van der Waals surface area contributed by atoms with Gasteiger partial charge in [0, 0.05) is 39.1 Å². The first kappa shape index (κ1) is 19.8. The number of carbonyl (C=O) groups excluding carboxylic acids is 3. The van der Waals surface area contributed by atoms with Crippen LogP contribution in [0, 0.1) is 11.8 Å². The lowest BCUT2D eigenvalue weighted by Gasteiger charge is -2.36. The van der Waals surface area contributed by atoms with E-state index >= 15 is 0 Å². The smallest absolute Gasteiger partial charge is 0.243 e. The molecule has 2 saturated heterocycles. The van der Waals surface area contributed by atoms with Crippen LogP contribution >= 0.6 is 12.4 Å². The number of rotatable bonds is 3. The maximum Gasteiger partial charge on any atom is 0.243 e. The fourth-order valence-corrected chi connectivity index (χ4v) is 4.54. The van der Waals surface area contributed by atoms with E-state index < -0.39 is 0 Å². The number of fused-ring (bicyclic) bond motifs is 1. The Morgan fingerprint density at radius 1 is 1.22 bits per heavy atom. The van der Waals surface area contributed by atoms with E-state index in [4.69, 9.17) is 0 Å². The van der Waals surface area contributed by atoms with Crippen molar-refractivity contribution in [3.8, 4) is 0 Å². The van der Waals surface area contributed by atoms with Crippen molar-refractivity contribution in [1.29, 1.82) is 0 Å². The van der Waals surface area contributed by atoms with Crippen molar-refractivity contribution in [2.45, 2.75) is 31.7 Å². The van der Waals surface area contributed by atoms with Gasteiger partial charge in [-0.2, -0.15) is 0 Å². The van der Waals surface area contributed by atoms with Crippen molar-refractivity contribution in [3.05, 3.63) is 18.2 Å². The number of imide groups is 1. The predicted molar refractivity (Wildman–Crippen MR) is 99.9 cm³/mol. The number of hydrogen-bond donors (Lipinski definition) is 1. The molecule has 1 aliphatic carbocycles. The molecule has 3 atom stereocenters. The number of aryl methyl sites for hydroxylation is 1. The van der Waals surface area contributed by atoms with E-state index in [1.165, 1.54) is 4.90 Å². The number of aromatic nitrogens is 2. The molecule has 3 unspecified atom stereocenters. The second-order valence-corrected chi connectivity index (χ2v) is 7.46. The molecule has 3 aliphatic rings. The Balaban J connectivity index is 0.00000210. The lowest BCUT2D eigenvalue weighted by atomic mass is 9.81. The minimum atomic E-state index is -0.211. The van der Waals surface area contributed by atoms with Gasteiger partial charge in [0.25, 0.3) is 0 Å². The number of nitrogens with one attached hydrogen (secondary N) is 1. The fraction of sp³-hybridized carbons (Fsp3) is 0.667. The van der Waals surface area contributed by atoms with Crippen LogP contribution in [0.15, 0.2) is 12.4 Å².